The molecule has 3 aromatic carbocycles. The molecule has 0 bridgehead atoms. The van der Waals surface area contributed by atoms with Crippen molar-refractivity contribution in [1.82, 2.24) is 10.2 Å². The minimum atomic E-state index is -0.726. The molecule has 0 fully saturated rings. The zero-order chi connectivity index (χ0) is 24.8. The van der Waals surface area contributed by atoms with Crippen LogP contribution in [-0.2, 0) is 24.2 Å². The van der Waals surface area contributed by atoms with Gasteiger partial charge in [-0.2, -0.15) is 0 Å². The first-order valence-corrected chi connectivity index (χ1v) is 11.7. The number of fused-ring (bicyclic) bond motifs is 1. The Kier molecular flexibility index (Phi) is 7.55. The fraction of sp³-hybridized carbons (Fsp3) is 0.286. The van der Waals surface area contributed by atoms with E-state index in [1.807, 2.05) is 73.7 Å². The molecule has 3 amide bonds. The van der Waals surface area contributed by atoms with Crippen LogP contribution < -0.4 is 20.1 Å². The lowest BCUT2D eigenvalue weighted by Crippen LogP contribution is -2.51. The molecule has 35 heavy (non-hydrogen) atoms. The Hall–Kier alpha value is -4.00. The fourth-order valence-electron chi connectivity index (χ4n) is 4.29. The lowest BCUT2D eigenvalue weighted by Gasteiger charge is -2.31. The highest BCUT2D eigenvalue weighted by atomic mass is 16.5. The van der Waals surface area contributed by atoms with Crippen LogP contribution in [0.3, 0.4) is 0 Å². The monoisotopic (exact) mass is 473 g/mol. The Morgan fingerprint density at radius 1 is 0.943 bits per heavy atom. The van der Waals surface area contributed by atoms with Crippen molar-refractivity contribution in [2.45, 2.75) is 32.4 Å². The van der Waals surface area contributed by atoms with Gasteiger partial charge in [0.25, 0.3) is 0 Å². The van der Waals surface area contributed by atoms with Gasteiger partial charge in [-0.05, 0) is 53.8 Å². The third-order valence-electron chi connectivity index (χ3n) is 6.31. The minimum Gasteiger partial charge on any atom is -0.493 e. The van der Waals surface area contributed by atoms with Crippen molar-refractivity contribution < 1.29 is 19.1 Å². The average molecular weight is 474 g/mol. The predicted octanol–water partition coefficient (Wildman–Crippen LogP) is 4.33. The number of amides is 3. The Bertz CT molecular complexity index is 1200. The summed E-state index contributed by atoms with van der Waals surface area (Å²) in [6, 6.07) is 20.2. The molecule has 7 heteroatoms. The first-order valence-electron chi connectivity index (χ1n) is 11.7. The number of aryl methyl sites for hydroxylation is 1. The summed E-state index contributed by atoms with van der Waals surface area (Å²) in [4.78, 5) is 28.3. The zero-order valence-corrected chi connectivity index (χ0v) is 20.3. The van der Waals surface area contributed by atoms with Crippen LogP contribution >= 0.6 is 0 Å². The Morgan fingerprint density at radius 2 is 1.60 bits per heavy atom. The van der Waals surface area contributed by atoms with E-state index < -0.39 is 6.04 Å². The van der Waals surface area contributed by atoms with Gasteiger partial charge in [0.1, 0.15) is 6.04 Å². The van der Waals surface area contributed by atoms with E-state index in [0.29, 0.717) is 37.4 Å². The lowest BCUT2D eigenvalue weighted by atomic mass is 9.99. The van der Waals surface area contributed by atoms with Gasteiger partial charge in [0.15, 0.2) is 11.5 Å². The van der Waals surface area contributed by atoms with Crippen LogP contribution in [0.2, 0.25) is 0 Å². The van der Waals surface area contributed by atoms with Gasteiger partial charge in [0.2, 0.25) is 5.91 Å². The molecule has 0 spiro atoms. The number of para-hydroxylation sites is 1. The number of hydrogen-bond acceptors (Lipinski definition) is 4. The molecule has 1 aliphatic heterocycles. The van der Waals surface area contributed by atoms with Crippen molar-refractivity contribution in [2.24, 2.45) is 0 Å². The standard InChI is InChI=1S/C28H31N3O4/c1-19-9-7-8-12-23(19)29-27(32)24(15-20-10-5-4-6-11-20)30-28(33)31-14-13-21-16-25(34-2)26(35-3)17-22(21)18-31/h4-12,16-17,24H,13-15,18H2,1-3H3,(H,29,32)(H,30,33)/t24-/m0/s1. The van der Waals surface area contributed by atoms with E-state index in [0.717, 1.165) is 27.9 Å². The number of ether oxygens (including phenoxy) is 2. The van der Waals surface area contributed by atoms with Crippen LogP contribution in [-0.4, -0.2) is 43.6 Å². The van der Waals surface area contributed by atoms with Crippen LogP contribution in [0.1, 0.15) is 22.3 Å². The van der Waals surface area contributed by atoms with Gasteiger partial charge in [-0.1, -0.05) is 48.5 Å². The molecule has 0 aromatic heterocycles. The number of urea groups is 1. The number of carbonyl (C=O) groups excluding carboxylic acids is 2. The molecule has 3 aromatic rings. The summed E-state index contributed by atoms with van der Waals surface area (Å²) in [7, 11) is 3.21. The summed E-state index contributed by atoms with van der Waals surface area (Å²) in [5.74, 6) is 1.06. The highest BCUT2D eigenvalue weighted by Gasteiger charge is 2.27. The number of carbonyl (C=O) groups is 2. The third kappa shape index (κ3) is 5.74. The predicted molar refractivity (Wildman–Crippen MR) is 136 cm³/mol. The molecule has 7 nitrogen and oxygen atoms in total. The van der Waals surface area contributed by atoms with Gasteiger partial charge >= 0.3 is 6.03 Å². The average Bonchev–Trinajstić information content (AvgIpc) is 2.88. The smallest absolute Gasteiger partial charge is 0.318 e. The number of nitrogens with zero attached hydrogens (tertiary/aromatic N) is 1. The normalized spacial score (nSPS) is 13.4. The quantitative estimate of drug-likeness (QED) is 0.535. The molecule has 4 rings (SSSR count). The minimum absolute atomic E-state index is 0.250. The second kappa shape index (κ2) is 11.0. The van der Waals surface area contributed by atoms with Gasteiger partial charge in [-0.15, -0.1) is 0 Å². The largest absolute Gasteiger partial charge is 0.493 e. The maximum absolute atomic E-state index is 13.3. The molecule has 0 aliphatic carbocycles. The van der Waals surface area contributed by atoms with Gasteiger partial charge in [-0.3, -0.25) is 4.79 Å². The molecule has 0 radical (unpaired) electrons. The summed E-state index contributed by atoms with van der Waals surface area (Å²) < 4.78 is 10.8. The molecule has 0 saturated heterocycles. The number of hydrogen-bond donors (Lipinski definition) is 2. The topological polar surface area (TPSA) is 79.9 Å². The number of benzene rings is 3. The van der Waals surface area contributed by atoms with Gasteiger partial charge in [-0.25, -0.2) is 4.79 Å². The Balaban J connectivity index is 1.51. The Morgan fingerprint density at radius 3 is 2.29 bits per heavy atom. The third-order valence-corrected chi connectivity index (χ3v) is 6.31. The van der Waals surface area contributed by atoms with Gasteiger partial charge in [0, 0.05) is 25.2 Å². The van der Waals surface area contributed by atoms with Crippen LogP contribution in [0, 0.1) is 6.92 Å². The Labute approximate surface area is 206 Å². The van der Waals surface area contributed by atoms with Gasteiger partial charge < -0.3 is 25.0 Å². The van der Waals surface area contributed by atoms with Crippen molar-refractivity contribution in [3.63, 3.8) is 0 Å². The second-order valence-electron chi connectivity index (χ2n) is 8.64. The van der Waals surface area contributed by atoms with Gasteiger partial charge in [0.05, 0.1) is 14.2 Å². The molecule has 1 aliphatic rings. The zero-order valence-electron chi connectivity index (χ0n) is 20.3. The molecule has 1 heterocycles. The van der Waals surface area contributed by atoms with Crippen LogP contribution in [0.15, 0.2) is 66.7 Å². The summed E-state index contributed by atoms with van der Waals surface area (Å²) in [6.45, 7) is 2.92. The summed E-state index contributed by atoms with van der Waals surface area (Å²) in [5.41, 5.74) is 4.80. The highest BCUT2D eigenvalue weighted by molar-refractivity contribution is 5.97. The molecule has 182 valence electrons. The first-order chi connectivity index (χ1) is 17.0. The van der Waals surface area contributed by atoms with Crippen LogP contribution in [0.4, 0.5) is 10.5 Å². The van der Waals surface area contributed by atoms with E-state index in [-0.39, 0.29) is 11.9 Å². The summed E-state index contributed by atoms with van der Waals surface area (Å²) in [6.07, 6.45) is 1.08. The van der Waals surface area contributed by atoms with Crippen molar-refractivity contribution in [3.05, 3.63) is 89.0 Å². The highest BCUT2D eigenvalue weighted by Crippen LogP contribution is 2.33. The molecule has 2 N–H and O–H groups in total. The molecular formula is C28H31N3O4. The number of methoxy groups -OCH3 is 2. The number of anilines is 1. The second-order valence-corrected chi connectivity index (χ2v) is 8.64. The van der Waals surface area contributed by atoms with Crippen molar-refractivity contribution in [3.8, 4) is 11.5 Å². The summed E-state index contributed by atoms with van der Waals surface area (Å²) >= 11 is 0. The van der Waals surface area contributed by atoms with Crippen molar-refractivity contribution in [2.75, 3.05) is 26.1 Å². The van der Waals surface area contributed by atoms with Crippen LogP contribution in [0.5, 0.6) is 11.5 Å². The van der Waals surface area contributed by atoms with E-state index in [1.165, 1.54) is 0 Å². The van der Waals surface area contributed by atoms with Crippen molar-refractivity contribution in [1.29, 1.82) is 0 Å². The first kappa shape index (κ1) is 24.1. The van der Waals surface area contributed by atoms with E-state index in [9.17, 15) is 9.59 Å². The van der Waals surface area contributed by atoms with E-state index >= 15 is 0 Å². The maximum atomic E-state index is 13.3. The van der Waals surface area contributed by atoms with E-state index in [1.54, 1.807) is 19.1 Å². The van der Waals surface area contributed by atoms with Crippen molar-refractivity contribution >= 4 is 17.6 Å². The van der Waals surface area contributed by atoms with E-state index in [4.69, 9.17) is 9.47 Å². The lowest BCUT2D eigenvalue weighted by molar-refractivity contribution is -0.118. The maximum Gasteiger partial charge on any atom is 0.318 e. The number of nitrogens with one attached hydrogen (secondary N) is 2. The van der Waals surface area contributed by atoms with E-state index in [2.05, 4.69) is 10.6 Å². The number of rotatable bonds is 7. The molecule has 0 saturated carbocycles. The molecule has 0 unspecified atom stereocenters. The molecular weight excluding hydrogens is 442 g/mol. The fourth-order valence-corrected chi connectivity index (χ4v) is 4.29. The summed E-state index contributed by atoms with van der Waals surface area (Å²) in [5, 5.41) is 5.96. The van der Waals surface area contributed by atoms with Crippen LogP contribution in [0.25, 0.3) is 0 Å². The molecule has 1 atom stereocenters. The SMILES string of the molecule is COc1cc2c(cc1OC)CN(C(=O)N[C@@H](Cc1ccccc1)C(=O)Nc1ccccc1C)CC2.